The van der Waals surface area contributed by atoms with Gasteiger partial charge in [0.25, 0.3) is 0 Å². The standard InChI is InChI=1S/C13H17FN4/c14-8-2-1-3-9-16-12-4-6-13(7-5-12)18-11-15-10-17-18/h4-7,10-11,16H,1-3,8-9H2. The first kappa shape index (κ1) is 12.5. The van der Waals surface area contributed by atoms with Crippen LogP contribution >= 0.6 is 0 Å². The zero-order chi connectivity index (χ0) is 12.6. The summed E-state index contributed by atoms with van der Waals surface area (Å²) in [5, 5.41) is 7.37. The molecule has 2 rings (SSSR count). The average Bonchev–Trinajstić information content (AvgIpc) is 2.93. The Balaban J connectivity index is 1.81. The number of unbranched alkanes of at least 4 members (excludes halogenated alkanes) is 2. The van der Waals surface area contributed by atoms with Crippen molar-refractivity contribution >= 4 is 5.69 Å². The normalized spacial score (nSPS) is 10.5. The molecule has 0 saturated heterocycles. The molecular formula is C13H17FN4. The molecule has 5 heteroatoms. The van der Waals surface area contributed by atoms with Crippen LogP contribution in [0.3, 0.4) is 0 Å². The summed E-state index contributed by atoms with van der Waals surface area (Å²) in [4.78, 5) is 3.90. The van der Waals surface area contributed by atoms with Crippen molar-refractivity contribution in [2.45, 2.75) is 19.3 Å². The zero-order valence-electron chi connectivity index (χ0n) is 10.2. The molecule has 0 spiro atoms. The van der Waals surface area contributed by atoms with Crippen LogP contribution in [0.15, 0.2) is 36.9 Å². The van der Waals surface area contributed by atoms with Crippen LogP contribution in [0.1, 0.15) is 19.3 Å². The number of anilines is 1. The zero-order valence-corrected chi connectivity index (χ0v) is 10.2. The lowest BCUT2D eigenvalue weighted by Crippen LogP contribution is -2.02. The van der Waals surface area contributed by atoms with Crippen LogP contribution in [0.2, 0.25) is 0 Å². The highest BCUT2D eigenvalue weighted by molar-refractivity contribution is 5.48. The summed E-state index contributed by atoms with van der Waals surface area (Å²) in [7, 11) is 0. The van der Waals surface area contributed by atoms with Gasteiger partial charge in [0.2, 0.25) is 0 Å². The Morgan fingerprint density at radius 2 is 1.94 bits per heavy atom. The number of halogens is 1. The fraction of sp³-hybridized carbons (Fsp3) is 0.385. The molecule has 0 bridgehead atoms. The van der Waals surface area contributed by atoms with E-state index in [9.17, 15) is 4.39 Å². The number of alkyl halides is 1. The molecule has 18 heavy (non-hydrogen) atoms. The van der Waals surface area contributed by atoms with E-state index in [2.05, 4.69) is 15.4 Å². The topological polar surface area (TPSA) is 42.7 Å². The Hall–Kier alpha value is -1.91. The van der Waals surface area contributed by atoms with Crippen LogP contribution in [-0.2, 0) is 0 Å². The number of nitrogens with one attached hydrogen (secondary N) is 1. The van der Waals surface area contributed by atoms with E-state index in [1.807, 2.05) is 24.3 Å². The number of nitrogens with zero attached hydrogens (tertiary/aromatic N) is 3. The molecule has 2 aromatic rings. The van der Waals surface area contributed by atoms with E-state index in [1.54, 1.807) is 11.0 Å². The lowest BCUT2D eigenvalue weighted by Gasteiger charge is -2.07. The molecule has 0 aliphatic rings. The number of hydrogen-bond donors (Lipinski definition) is 1. The van der Waals surface area contributed by atoms with Crippen molar-refractivity contribution in [3.05, 3.63) is 36.9 Å². The molecule has 1 N–H and O–H groups in total. The van der Waals surface area contributed by atoms with Gasteiger partial charge in [-0.3, -0.25) is 4.39 Å². The molecule has 0 radical (unpaired) electrons. The Labute approximate surface area is 106 Å². The van der Waals surface area contributed by atoms with E-state index in [-0.39, 0.29) is 6.67 Å². The number of rotatable bonds is 7. The number of benzene rings is 1. The van der Waals surface area contributed by atoms with Gasteiger partial charge < -0.3 is 5.32 Å². The predicted molar refractivity (Wildman–Crippen MR) is 69.7 cm³/mol. The van der Waals surface area contributed by atoms with E-state index in [4.69, 9.17) is 0 Å². The summed E-state index contributed by atoms with van der Waals surface area (Å²) in [5.74, 6) is 0. The van der Waals surface area contributed by atoms with E-state index < -0.39 is 0 Å². The van der Waals surface area contributed by atoms with Gasteiger partial charge >= 0.3 is 0 Å². The Kier molecular flexibility index (Phi) is 4.69. The van der Waals surface area contributed by atoms with Gasteiger partial charge in [-0.25, -0.2) is 9.67 Å². The first-order chi connectivity index (χ1) is 8.90. The molecule has 1 heterocycles. The third-order valence-electron chi connectivity index (χ3n) is 2.69. The second kappa shape index (κ2) is 6.74. The van der Waals surface area contributed by atoms with Gasteiger partial charge in [-0.1, -0.05) is 0 Å². The third kappa shape index (κ3) is 3.55. The minimum atomic E-state index is -0.216. The molecule has 4 nitrogen and oxygen atoms in total. The van der Waals surface area contributed by atoms with Gasteiger partial charge in [-0.2, -0.15) is 5.10 Å². The largest absolute Gasteiger partial charge is 0.385 e. The lowest BCUT2D eigenvalue weighted by molar-refractivity contribution is 0.458. The highest BCUT2D eigenvalue weighted by atomic mass is 19.1. The first-order valence-electron chi connectivity index (χ1n) is 6.15. The summed E-state index contributed by atoms with van der Waals surface area (Å²) in [6, 6.07) is 7.98. The minimum Gasteiger partial charge on any atom is -0.385 e. The Morgan fingerprint density at radius 1 is 1.11 bits per heavy atom. The number of aromatic nitrogens is 3. The smallest absolute Gasteiger partial charge is 0.138 e. The molecule has 0 unspecified atom stereocenters. The predicted octanol–water partition coefficient (Wildman–Crippen LogP) is 2.82. The molecule has 0 aliphatic heterocycles. The van der Waals surface area contributed by atoms with Crippen LogP contribution in [0.4, 0.5) is 10.1 Å². The van der Waals surface area contributed by atoms with Crippen molar-refractivity contribution in [2.24, 2.45) is 0 Å². The maximum atomic E-state index is 11.9. The van der Waals surface area contributed by atoms with Crippen LogP contribution in [0.5, 0.6) is 0 Å². The summed E-state index contributed by atoms with van der Waals surface area (Å²) in [6.07, 6.45) is 5.76. The van der Waals surface area contributed by atoms with Crippen LogP contribution in [0, 0.1) is 0 Å². The van der Waals surface area contributed by atoms with Gasteiger partial charge in [-0.05, 0) is 43.5 Å². The molecule has 0 aliphatic carbocycles. The van der Waals surface area contributed by atoms with Gasteiger partial charge in [0, 0.05) is 12.2 Å². The monoisotopic (exact) mass is 248 g/mol. The summed E-state index contributed by atoms with van der Waals surface area (Å²) < 4.78 is 13.6. The molecule has 1 aromatic heterocycles. The second-order valence-electron chi connectivity index (χ2n) is 4.06. The van der Waals surface area contributed by atoms with Gasteiger partial charge in [0.1, 0.15) is 12.7 Å². The first-order valence-corrected chi connectivity index (χ1v) is 6.15. The van der Waals surface area contributed by atoms with E-state index in [0.29, 0.717) is 6.42 Å². The van der Waals surface area contributed by atoms with Crippen LogP contribution < -0.4 is 5.32 Å². The quantitative estimate of drug-likeness (QED) is 0.766. The highest BCUT2D eigenvalue weighted by Crippen LogP contribution is 2.12. The molecule has 96 valence electrons. The van der Waals surface area contributed by atoms with Crippen LogP contribution in [-0.4, -0.2) is 28.0 Å². The van der Waals surface area contributed by atoms with E-state index in [1.165, 1.54) is 6.33 Å². The Morgan fingerprint density at radius 3 is 2.61 bits per heavy atom. The Bertz CT molecular complexity index is 439. The van der Waals surface area contributed by atoms with Gasteiger partial charge in [0.15, 0.2) is 0 Å². The molecule has 0 atom stereocenters. The fourth-order valence-corrected chi connectivity index (χ4v) is 1.70. The molecular weight excluding hydrogens is 231 g/mol. The average molecular weight is 248 g/mol. The molecule has 0 amide bonds. The second-order valence-corrected chi connectivity index (χ2v) is 4.06. The lowest BCUT2D eigenvalue weighted by atomic mass is 10.2. The molecule has 0 fully saturated rings. The summed E-state index contributed by atoms with van der Waals surface area (Å²) in [6.45, 7) is 0.662. The molecule has 1 aromatic carbocycles. The maximum absolute atomic E-state index is 11.9. The summed E-state index contributed by atoms with van der Waals surface area (Å²) in [5.41, 5.74) is 2.05. The van der Waals surface area contributed by atoms with Gasteiger partial charge in [-0.15, -0.1) is 0 Å². The van der Waals surface area contributed by atoms with Crippen molar-refractivity contribution in [1.82, 2.24) is 14.8 Å². The number of hydrogen-bond acceptors (Lipinski definition) is 3. The van der Waals surface area contributed by atoms with Gasteiger partial charge in [0.05, 0.1) is 12.4 Å². The maximum Gasteiger partial charge on any atom is 0.138 e. The van der Waals surface area contributed by atoms with Crippen molar-refractivity contribution in [2.75, 3.05) is 18.5 Å². The summed E-state index contributed by atoms with van der Waals surface area (Å²) >= 11 is 0. The van der Waals surface area contributed by atoms with Crippen LogP contribution in [0.25, 0.3) is 5.69 Å². The SMILES string of the molecule is FCCCCCNc1ccc(-n2cncn2)cc1. The fourth-order valence-electron chi connectivity index (χ4n) is 1.70. The third-order valence-corrected chi connectivity index (χ3v) is 2.69. The van der Waals surface area contributed by atoms with Crippen molar-refractivity contribution < 1.29 is 4.39 Å². The van der Waals surface area contributed by atoms with Crippen molar-refractivity contribution in [1.29, 1.82) is 0 Å². The van der Waals surface area contributed by atoms with Crippen molar-refractivity contribution in [3.8, 4) is 5.69 Å². The van der Waals surface area contributed by atoms with Crippen molar-refractivity contribution in [3.63, 3.8) is 0 Å². The highest BCUT2D eigenvalue weighted by Gasteiger charge is 1.97. The van der Waals surface area contributed by atoms with E-state index in [0.717, 1.165) is 30.8 Å². The van der Waals surface area contributed by atoms with E-state index >= 15 is 0 Å². The minimum absolute atomic E-state index is 0.216. The molecule has 0 saturated carbocycles.